The summed E-state index contributed by atoms with van der Waals surface area (Å²) < 4.78 is 73.7. The summed E-state index contributed by atoms with van der Waals surface area (Å²) in [6, 6.07) is 8.27. The van der Waals surface area contributed by atoms with E-state index in [9.17, 15) is 26.7 Å². The lowest BCUT2D eigenvalue weighted by Gasteiger charge is -2.17. The van der Waals surface area contributed by atoms with Gasteiger partial charge < -0.3 is 10.1 Å². The molecule has 3 rings (SSSR count). The van der Waals surface area contributed by atoms with Crippen LogP contribution in [0.4, 0.5) is 22.0 Å². The molecule has 5 nitrogen and oxygen atoms in total. The Labute approximate surface area is 174 Å². The predicted molar refractivity (Wildman–Crippen MR) is 102 cm³/mol. The van der Waals surface area contributed by atoms with Gasteiger partial charge in [-0.15, -0.1) is 0 Å². The Kier molecular flexibility index (Phi) is 6.28. The lowest BCUT2D eigenvalue weighted by atomic mass is 10.1. The minimum atomic E-state index is -4.84. The molecule has 2 aromatic carbocycles. The van der Waals surface area contributed by atoms with Gasteiger partial charge in [0.05, 0.1) is 23.5 Å². The molecule has 0 saturated carbocycles. The fraction of sp³-hybridized carbons (Fsp3) is 0.238. The summed E-state index contributed by atoms with van der Waals surface area (Å²) in [5, 5.41) is 6.15. The molecule has 164 valence electrons. The summed E-state index contributed by atoms with van der Waals surface area (Å²) in [6.07, 6.45) is -4.00. The highest BCUT2D eigenvalue weighted by molar-refractivity contribution is 5.95. The number of aryl methyl sites for hydroxylation is 1. The third-order valence-corrected chi connectivity index (χ3v) is 4.39. The van der Waals surface area contributed by atoms with Gasteiger partial charge in [-0.05, 0) is 37.6 Å². The van der Waals surface area contributed by atoms with Gasteiger partial charge in [0, 0.05) is 6.07 Å². The SMILES string of the molecule is Cc1ccccc1-n1ncc(C(=O)NC(C)COc2ccc(F)cc2F)c1C(F)(F)F. The van der Waals surface area contributed by atoms with Crippen molar-refractivity contribution in [2.24, 2.45) is 0 Å². The van der Waals surface area contributed by atoms with Gasteiger partial charge >= 0.3 is 6.18 Å². The van der Waals surface area contributed by atoms with Crippen molar-refractivity contribution in [3.8, 4) is 11.4 Å². The number of hydrogen-bond acceptors (Lipinski definition) is 3. The minimum Gasteiger partial charge on any atom is -0.488 e. The normalized spacial score (nSPS) is 12.5. The zero-order valence-corrected chi connectivity index (χ0v) is 16.5. The summed E-state index contributed by atoms with van der Waals surface area (Å²) in [7, 11) is 0. The Morgan fingerprint density at radius 2 is 1.90 bits per heavy atom. The number of alkyl halides is 3. The minimum absolute atomic E-state index is 0.192. The van der Waals surface area contributed by atoms with Crippen molar-refractivity contribution < 1.29 is 31.5 Å². The number of carbonyl (C=O) groups is 1. The third kappa shape index (κ3) is 5.01. The largest absolute Gasteiger partial charge is 0.488 e. The summed E-state index contributed by atoms with van der Waals surface area (Å²) in [6.45, 7) is 2.85. The Morgan fingerprint density at radius 1 is 1.19 bits per heavy atom. The number of carbonyl (C=O) groups excluding carboxylic acids is 1. The van der Waals surface area contributed by atoms with Crippen molar-refractivity contribution in [1.29, 1.82) is 0 Å². The summed E-state index contributed by atoms with van der Waals surface area (Å²) >= 11 is 0. The lowest BCUT2D eigenvalue weighted by molar-refractivity contribution is -0.143. The Hall–Kier alpha value is -3.43. The highest BCUT2D eigenvalue weighted by Gasteiger charge is 2.41. The molecule has 1 heterocycles. The van der Waals surface area contributed by atoms with E-state index in [-0.39, 0.29) is 18.0 Å². The summed E-state index contributed by atoms with van der Waals surface area (Å²) in [4.78, 5) is 12.5. The molecule has 0 spiro atoms. The molecule has 3 aromatic rings. The maximum absolute atomic E-state index is 13.8. The summed E-state index contributed by atoms with van der Waals surface area (Å²) in [5.41, 5.74) is -1.13. The topological polar surface area (TPSA) is 56.2 Å². The average molecular weight is 439 g/mol. The van der Waals surface area contributed by atoms with Crippen LogP contribution in [-0.4, -0.2) is 28.3 Å². The second-order valence-corrected chi connectivity index (χ2v) is 6.86. The van der Waals surface area contributed by atoms with Crippen molar-refractivity contribution in [2.45, 2.75) is 26.1 Å². The highest BCUT2D eigenvalue weighted by atomic mass is 19.4. The van der Waals surface area contributed by atoms with E-state index >= 15 is 0 Å². The number of rotatable bonds is 6. The molecule has 10 heteroatoms. The molecule has 1 N–H and O–H groups in total. The van der Waals surface area contributed by atoms with Gasteiger partial charge in [0.1, 0.15) is 12.4 Å². The number of amides is 1. The maximum atomic E-state index is 13.8. The van der Waals surface area contributed by atoms with Crippen molar-refractivity contribution in [3.63, 3.8) is 0 Å². The van der Waals surface area contributed by atoms with Crippen LogP contribution in [-0.2, 0) is 6.18 Å². The first-order valence-electron chi connectivity index (χ1n) is 9.18. The zero-order chi connectivity index (χ0) is 22.8. The number of nitrogens with one attached hydrogen (secondary N) is 1. The number of ether oxygens (including phenoxy) is 1. The standard InChI is InChI=1S/C21H18F5N3O2/c1-12-5-3-4-6-17(12)29-19(21(24,25)26)15(10-27-29)20(30)28-13(2)11-31-18-8-7-14(22)9-16(18)23/h3-10,13H,11H2,1-2H3,(H,28,30). The summed E-state index contributed by atoms with van der Waals surface area (Å²) in [5.74, 6) is -2.97. The lowest BCUT2D eigenvalue weighted by Crippen LogP contribution is -2.37. The first-order valence-corrected chi connectivity index (χ1v) is 9.18. The van der Waals surface area contributed by atoms with Crippen molar-refractivity contribution in [2.75, 3.05) is 6.61 Å². The number of halogens is 5. The molecule has 0 aliphatic carbocycles. The maximum Gasteiger partial charge on any atom is 0.434 e. The number of hydrogen-bond donors (Lipinski definition) is 1. The van der Waals surface area contributed by atoms with Crippen LogP contribution in [0, 0.1) is 18.6 Å². The van der Waals surface area contributed by atoms with E-state index in [0.29, 0.717) is 16.3 Å². The van der Waals surface area contributed by atoms with E-state index in [1.807, 2.05) is 0 Å². The molecule has 0 aliphatic heterocycles. The second kappa shape index (κ2) is 8.75. The number of para-hydroxylation sites is 1. The van der Waals surface area contributed by atoms with Crippen molar-refractivity contribution >= 4 is 5.91 Å². The van der Waals surface area contributed by atoms with E-state index in [0.717, 1.165) is 18.3 Å². The Morgan fingerprint density at radius 3 is 2.55 bits per heavy atom. The molecule has 1 amide bonds. The predicted octanol–water partition coefficient (Wildman–Crippen LogP) is 4.68. The molecule has 31 heavy (non-hydrogen) atoms. The number of benzene rings is 2. The fourth-order valence-electron chi connectivity index (χ4n) is 2.92. The van der Waals surface area contributed by atoms with Gasteiger partial charge in [0.15, 0.2) is 17.3 Å². The van der Waals surface area contributed by atoms with Gasteiger partial charge in [-0.1, -0.05) is 18.2 Å². The van der Waals surface area contributed by atoms with E-state index in [1.165, 1.54) is 13.0 Å². The van der Waals surface area contributed by atoms with Crippen molar-refractivity contribution in [3.05, 3.63) is 77.1 Å². The number of aromatic nitrogens is 2. The van der Waals surface area contributed by atoms with Crippen molar-refractivity contribution in [1.82, 2.24) is 15.1 Å². The second-order valence-electron chi connectivity index (χ2n) is 6.86. The van der Waals surface area contributed by atoms with Gasteiger partial charge in [0.2, 0.25) is 0 Å². The molecule has 0 fully saturated rings. The smallest absolute Gasteiger partial charge is 0.434 e. The number of nitrogens with zero attached hydrogens (tertiary/aromatic N) is 2. The highest BCUT2D eigenvalue weighted by Crippen LogP contribution is 2.34. The molecule has 1 aromatic heterocycles. The first kappa shape index (κ1) is 22.3. The van der Waals surface area contributed by atoms with Crippen LogP contribution in [0.15, 0.2) is 48.7 Å². The molecule has 1 unspecified atom stereocenters. The monoisotopic (exact) mass is 439 g/mol. The first-order chi connectivity index (χ1) is 14.6. The van der Waals surface area contributed by atoms with Crippen LogP contribution >= 0.6 is 0 Å². The molecular weight excluding hydrogens is 421 g/mol. The molecule has 0 aliphatic rings. The zero-order valence-electron chi connectivity index (χ0n) is 16.5. The van der Waals surface area contributed by atoms with Gasteiger partial charge in [0.25, 0.3) is 5.91 Å². The van der Waals surface area contributed by atoms with E-state index in [4.69, 9.17) is 4.74 Å². The van der Waals surface area contributed by atoms with Crippen LogP contribution in [0.1, 0.15) is 28.5 Å². The molecule has 0 bridgehead atoms. The molecular formula is C21H18F5N3O2. The van der Waals surface area contributed by atoms with E-state index in [1.54, 1.807) is 25.1 Å². The quantitative estimate of drug-likeness (QED) is 0.568. The Bertz CT molecular complexity index is 1090. The van der Waals surface area contributed by atoms with Crippen LogP contribution in [0.5, 0.6) is 5.75 Å². The van der Waals surface area contributed by atoms with Crippen LogP contribution in [0.3, 0.4) is 0 Å². The van der Waals surface area contributed by atoms with E-state index < -0.39 is 41.0 Å². The fourth-order valence-corrected chi connectivity index (χ4v) is 2.92. The average Bonchev–Trinajstić information content (AvgIpc) is 3.13. The molecule has 0 radical (unpaired) electrons. The van der Waals surface area contributed by atoms with Crippen LogP contribution < -0.4 is 10.1 Å². The van der Waals surface area contributed by atoms with Gasteiger partial charge in [-0.3, -0.25) is 4.79 Å². The third-order valence-electron chi connectivity index (χ3n) is 4.39. The molecule has 1 atom stereocenters. The van der Waals surface area contributed by atoms with Gasteiger partial charge in [-0.2, -0.15) is 18.3 Å². The molecule has 0 saturated heterocycles. The van der Waals surface area contributed by atoms with Crippen LogP contribution in [0.2, 0.25) is 0 Å². The van der Waals surface area contributed by atoms with E-state index in [2.05, 4.69) is 10.4 Å². The Balaban J connectivity index is 1.79. The van der Waals surface area contributed by atoms with Crippen LogP contribution in [0.25, 0.3) is 5.69 Å². The van der Waals surface area contributed by atoms with Gasteiger partial charge in [-0.25, -0.2) is 13.5 Å².